The Labute approximate surface area is 185 Å². The highest BCUT2D eigenvalue weighted by molar-refractivity contribution is 6.46. The second-order valence-corrected chi connectivity index (χ2v) is 7.49. The lowest BCUT2D eigenvalue weighted by molar-refractivity contribution is -0.120. The van der Waals surface area contributed by atoms with Gasteiger partial charge in [0.25, 0.3) is 11.8 Å². The van der Waals surface area contributed by atoms with E-state index in [9.17, 15) is 9.59 Å². The highest BCUT2D eigenvalue weighted by atomic mass is 35.5. The summed E-state index contributed by atoms with van der Waals surface area (Å²) >= 11 is 6.12. The molecule has 0 fully saturated rings. The van der Waals surface area contributed by atoms with E-state index in [1.807, 2.05) is 30.3 Å². The first kappa shape index (κ1) is 20.7. The van der Waals surface area contributed by atoms with Crippen LogP contribution in [-0.2, 0) is 16.0 Å². The Morgan fingerprint density at radius 2 is 1.68 bits per heavy atom. The molecule has 0 spiro atoms. The highest BCUT2D eigenvalue weighted by Crippen LogP contribution is 2.37. The number of carbonyl (C=O) groups excluding carboxylic acids is 2. The predicted octanol–water partition coefficient (Wildman–Crippen LogP) is 5.31. The maximum atomic E-state index is 13.5. The second-order valence-electron chi connectivity index (χ2n) is 7.05. The van der Waals surface area contributed by atoms with Gasteiger partial charge in [-0.2, -0.15) is 0 Å². The molecule has 31 heavy (non-hydrogen) atoms. The van der Waals surface area contributed by atoms with Crippen LogP contribution in [0.15, 0.2) is 78.5 Å². The molecule has 0 atom stereocenters. The van der Waals surface area contributed by atoms with Crippen LogP contribution >= 0.6 is 11.6 Å². The number of nitrogens with one attached hydrogen (secondary N) is 1. The quantitative estimate of drug-likeness (QED) is 0.536. The van der Waals surface area contributed by atoms with Crippen LogP contribution in [-0.4, -0.2) is 18.9 Å². The van der Waals surface area contributed by atoms with E-state index in [1.54, 1.807) is 42.5 Å². The Kier molecular flexibility index (Phi) is 5.78. The van der Waals surface area contributed by atoms with Crippen LogP contribution in [0, 0.1) is 0 Å². The fourth-order valence-corrected chi connectivity index (χ4v) is 3.75. The van der Waals surface area contributed by atoms with Crippen LogP contribution in [0.5, 0.6) is 5.75 Å². The van der Waals surface area contributed by atoms with Gasteiger partial charge in [-0.15, -0.1) is 0 Å². The van der Waals surface area contributed by atoms with E-state index in [-0.39, 0.29) is 11.3 Å². The molecule has 1 aliphatic heterocycles. The number of imide groups is 1. The molecule has 0 aliphatic carbocycles. The molecule has 0 aromatic heterocycles. The molecule has 0 unspecified atom stereocenters. The third-order valence-corrected chi connectivity index (χ3v) is 5.39. The largest absolute Gasteiger partial charge is 0.496 e. The molecule has 1 aliphatic rings. The number of rotatable bonds is 6. The molecule has 0 saturated carbocycles. The molecule has 2 amide bonds. The summed E-state index contributed by atoms with van der Waals surface area (Å²) in [6.07, 6.45) is 0.912. The van der Waals surface area contributed by atoms with Gasteiger partial charge in [-0.25, -0.2) is 4.90 Å². The normalized spacial score (nSPS) is 13.7. The third kappa shape index (κ3) is 3.92. The van der Waals surface area contributed by atoms with Crippen molar-refractivity contribution in [2.24, 2.45) is 0 Å². The number of carbonyl (C=O) groups is 2. The van der Waals surface area contributed by atoms with Crippen molar-refractivity contribution >= 4 is 40.4 Å². The Morgan fingerprint density at radius 1 is 0.935 bits per heavy atom. The van der Waals surface area contributed by atoms with E-state index < -0.39 is 11.8 Å². The zero-order valence-corrected chi connectivity index (χ0v) is 17.9. The molecule has 4 rings (SSSR count). The Morgan fingerprint density at radius 3 is 2.35 bits per heavy atom. The zero-order chi connectivity index (χ0) is 22.0. The van der Waals surface area contributed by atoms with Crippen LogP contribution in [0.3, 0.4) is 0 Å². The van der Waals surface area contributed by atoms with Gasteiger partial charge in [0.1, 0.15) is 11.4 Å². The van der Waals surface area contributed by atoms with E-state index in [1.165, 1.54) is 12.7 Å². The van der Waals surface area contributed by atoms with Gasteiger partial charge in [0.15, 0.2) is 0 Å². The lowest BCUT2D eigenvalue weighted by atomic mass is 10.0. The number of amides is 2. The Balaban J connectivity index is 1.84. The van der Waals surface area contributed by atoms with Gasteiger partial charge in [-0.1, -0.05) is 54.9 Å². The van der Waals surface area contributed by atoms with Crippen LogP contribution in [0.4, 0.5) is 11.4 Å². The van der Waals surface area contributed by atoms with Gasteiger partial charge in [0.2, 0.25) is 0 Å². The van der Waals surface area contributed by atoms with Crippen molar-refractivity contribution < 1.29 is 14.3 Å². The first-order chi connectivity index (χ1) is 15.0. The molecule has 0 bridgehead atoms. The smallest absolute Gasteiger partial charge is 0.282 e. The van der Waals surface area contributed by atoms with E-state index >= 15 is 0 Å². The van der Waals surface area contributed by atoms with Crippen molar-refractivity contribution in [3.63, 3.8) is 0 Å². The zero-order valence-electron chi connectivity index (χ0n) is 17.2. The number of nitrogens with zero attached hydrogens (tertiary/aromatic N) is 1. The van der Waals surface area contributed by atoms with Gasteiger partial charge >= 0.3 is 0 Å². The molecule has 0 radical (unpaired) electrons. The maximum Gasteiger partial charge on any atom is 0.282 e. The number of hydrogen-bond donors (Lipinski definition) is 1. The summed E-state index contributed by atoms with van der Waals surface area (Å²) in [5.41, 5.74) is 3.29. The summed E-state index contributed by atoms with van der Waals surface area (Å²) in [6, 6.07) is 21.6. The van der Waals surface area contributed by atoms with Crippen LogP contribution in [0.2, 0.25) is 5.02 Å². The summed E-state index contributed by atoms with van der Waals surface area (Å²) in [5, 5.41) is 3.60. The number of ether oxygens (including phenoxy) is 1. The van der Waals surface area contributed by atoms with Gasteiger partial charge in [0, 0.05) is 16.3 Å². The van der Waals surface area contributed by atoms with Gasteiger partial charge in [-0.3, -0.25) is 9.59 Å². The molecule has 3 aromatic carbocycles. The van der Waals surface area contributed by atoms with E-state index in [4.69, 9.17) is 16.3 Å². The summed E-state index contributed by atoms with van der Waals surface area (Å²) < 4.78 is 5.47. The SMILES string of the molecule is CCc1ccc(NC2=C(c3ccccc3OC)C(=O)N(c3cccc(Cl)c3)C2=O)cc1. The van der Waals surface area contributed by atoms with Crippen molar-refractivity contribution in [3.05, 3.63) is 94.6 Å². The molecular formula is C25H21ClN2O3. The Hall–Kier alpha value is -3.57. The summed E-state index contributed by atoms with van der Waals surface area (Å²) in [6.45, 7) is 2.08. The second kappa shape index (κ2) is 8.66. The van der Waals surface area contributed by atoms with Crippen molar-refractivity contribution in [3.8, 4) is 5.75 Å². The summed E-state index contributed by atoms with van der Waals surface area (Å²) in [7, 11) is 1.53. The minimum Gasteiger partial charge on any atom is -0.496 e. The first-order valence-electron chi connectivity index (χ1n) is 9.91. The van der Waals surface area contributed by atoms with Gasteiger partial charge < -0.3 is 10.1 Å². The number of anilines is 2. The maximum absolute atomic E-state index is 13.5. The lowest BCUT2D eigenvalue weighted by Gasteiger charge is -2.16. The summed E-state index contributed by atoms with van der Waals surface area (Å²) in [4.78, 5) is 28.1. The molecule has 1 N–H and O–H groups in total. The number of hydrogen-bond acceptors (Lipinski definition) is 4. The van der Waals surface area contributed by atoms with Crippen molar-refractivity contribution in [2.75, 3.05) is 17.3 Å². The molecule has 6 heteroatoms. The molecular weight excluding hydrogens is 412 g/mol. The number of halogens is 1. The number of aryl methyl sites for hydroxylation is 1. The number of methoxy groups -OCH3 is 1. The van der Waals surface area contributed by atoms with E-state index in [0.29, 0.717) is 27.7 Å². The average Bonchev–Trinajstić information content (AvgIpc) is 3.03. The lowest BCUT2D eigenvalue weighted by Crippen LogP contribution is -2.32. The fourth-order valence-electron chi connectivity index (χ4n) is 3.56. The van der Waals surface area contributed by atoms with E-state index in [2.05, 4.69) is 12.2 Å². The minimum absolute atomic E-state index is 0.193. The van der Waals surface area contributed by atoms with Gasteiger partial charge in [0.05, 0.1) is 18.4 Å². The van der Waals surface area contributed by atoms with Crippen LogP contribution < -0.4 is 15.0 Å². The molecule has 1 heterocycles. The minimum atomic E-state index is -0.451. The molecule has 5 nitrogen and oxygen atoms in total. The summed E-state index contributed by atoms with van der Waals surface area (Å²) in [5.74, 6) is -0.385. The monoisotopic (exact) mass is 432 g/mol. The fraction of sp³-hybridized carbons (Fsp3) is 0.120. The average molecular weight is 433 g/mol. The Bertz CT molecular complexity index is 1190. The molecule has 0 saturated heterocycles. The highest BCUT2D eigenvalue weighted by Gasteiger charge is 2.41. The van der Waals surface area contributed by atoms with Crippen LogP contribution in [0.25, 0.3) is 5.57 Å². The number of para-hydroxylation sites is 1. The molecule has 3 aromatic rings. The van der Waals surface area contributed by atoms with Gasteiger partial charge in [-0.05, 0) is 48.4 Å². The van der Waals surface area contributed by atoms with Crippen molar-refractivity contribution in [1.29, 1.82) is 0 Å². The molecule has 156 valence electrons. The standard InChI is InChI=1S/C25H21ClN2O3/c1-3-16-11-13-18(14-12-16)27-23-22(20-9-4-5-10-21(20)31-2)24(29)28(25(23)30)19-8-6-7-17(26)15-19/h4-15,27H,3H2,1-2H3. The first-order valence-corrected chi connectivity index (χ1v) is 10.3. The van der Waals surface area contributed by atoms with Crippen molar-refractivity contribution in [1.82, 2.24) is 0 Å². The van der Waals surface area contributed by atoms with Crippen molar-refractivity contribution in [2.45, 2.75) is 13.3 Å². The van der Waals surface area contributed by atoms with Crippen LogP contribution in [0.1, 0.15) is 18.1 Å². The third-order valence-electron chi connectivity index (χ3n) is 5.16. The predicted molar refractivity (Wildman–Crippen MR) is 123 cm³/mol. The number of benzene rings is 3. The topological polar surface area (TPSA) is 58.6 Å². The van der Waals surface area contributed by atoms with E-state index in [0.717, 1.165) is 11.3 Å².